The summed E-state index contributed by atoms with van der Waals surface area (Å²) in [6.45, 7) is 6.49. The lowest BCUT2D eigenvalue weighted by atomic mass is 10.2. The number of rotatable bonds is 7. The van der Waals surface area contributed by atoms with Gasteiger partial charge in [-0.3, -0.25) is 0 Å². The quantitative estimate of drug-likeness (QED) is 0.612. The molecule has 0 aliphatic heterocycles. The molecule has 0 aromatic heterocycles. The van der Waals surface area contributed by atoms with Crippen molar-refractivity contribution in [3.05, 3.63) is 28.2 Å². The largest absolute Gasteiger partial charge is 0.491 e. The van der Waals surface area contributed by atoms with Crippen molar-refractivity contribution in [1.29, 1.82) is 0 Å². The minimum Gasteiger partial charge on any atom is -0.491 e. The van der Waals surface area contributed by atoms with Crippen LogP contribution >= 0.6 is 15.9 Å². The molecule has 0 aliphatic rings. The molecular weight excluding hydrogens is 290 g/mol. The van der Waals surface area contributed by atoms with Gasteiger partial charge >= 0.3 is 0 Å². The van der Waals surface area contributed by atoms with Gasteiger partial charge in [0, 0.05) is 18.5 Å². The summed E-state index contributed by atoms with van der Waals surface area (Å²) in [5.41, 5.74) is 1.18. The number of benzene rings is 1. The molecule has 1 N–H and O–H groups in total. The average Bonchev–Trinajstić information content (AvgIpc) is 2.37. The van der Waals surface area contributed by atoms with E-state index < -0.39 is 0 Å². The first-order chi connectivity index (χ1) is 8.79. The van der Waals surface area contributed by atoms with E-state index in [2.05, 4.69) is 46.1 Å². The van der Waals surface area contributed by atoms with Gasteiger partial charge in [0.1, 0.15) is 5.75 Å². The third-order valence-electron chi connectivity index (χ3n) is 2.44. The number of para-hydroxylation sites is 1. The Hall–Kier alpha value is -0.980. The van der Waals surface area contributed by atoms with Crippen LogP contribution in [0.2, 0.25) is 0 Å². The Morgan fingerprint density at radius 1 is 1.39 bits per heavy atom. The summed E-state index contributed by atoms with van der Waals surface area (Å²) in [4.78, 5) is 0. The average molecular weight is 310 g/mol. The van der Waals surface area contributed by atoms with Crippen LogP contribution < -0.4 is 10.1 Å². The molecule has 2 nitrogen and oxygen atoms in total. The lowest BCUT2D eigenvalue weighted by molar-refractivity contribution is 0.320. The van der Waals surface area contributed by atoms with Gasteiger partial charge in [-0.25, -0.2) is 0 Å². The fraction of sp³-hybridized carbons (Fsp3) is 0.467. The maximum Gasteiger partial charge on any atom is 0.137 e. The van der Waals surface area contributed by atoms with E-state index >= 15 is 0 Å². The minimum absolute atomic E-state index is 0.629. The van der Waals surface area contributed by atoms with Crippen LogP contribution in [0.1, 0.15) is 32.3 Å². The van der Waals surface area contributed by atoms with Crippen LogP contribution in [0.15, 0.2) is 22.7 Å². The maximum absolute atomic E-state index is 5.81. The van der Waals surface area contributed by atoms with Crippen molar-refractivity contribution >= 4 is 15.9 Å². The van der Waals surface area contributed by atoms with Gasteiger partial charge in [-0.15, -0.1) is 11.8 Å². The molecular formula is C15H20BrNO. The van der Waals surface area contributed by atoms with Crippen molar-refractivity contribution in [2.45, 2.75) is 33.2 Å². The van der Waals surface area contributed by atoms with E-state index in [1.165, 1.54) is 5.56 Å². The lowest BCUT2D eigenvalue weighted by Gasteiger charge is -2.13. The van der Waals surface area contributed by atoms with Crippen molar-refractivity contribution in [2.24, 2.45) is 0 Å². The molecule has 0 radical (unpaired) electrons. The van der Waals surface area contributed by atoms with Crippen LogP contribution in [0.4, 0.5) is 0 Å². The van der Waals surface area contributed by atoms with Gasteiger partial charge in [-0.1, -0.05) is 19.1 Å². The molecule has 1 aromatic rings. The van der Waals surface area contributed by atoms with Gasteiger partial charge in [0.05, 0.1) is 11.1 Å². The summed E-state index contributed by atoms with van der Waals surface area (Å²) in [5.74, 6) is 6.80. The summed E-state index contributed by atoms with van der Waals surface area (Å²) in [5, 5.41) is 3.39. The minimum atomic E-state index is 0.629. The molecule has 0 unspecified atom stereocenters. The Morgan fingerprint density at radius 2 is 2.22 bits per heavy atom. The Balaban J connectivity index is 2.63. The van der Waals surface area contributed by atoms with Crippen molar-refractivity contribution in [1.82, 2.24) is 5.32 Å². The molecule has 18 heavy (non-hydrogen) atoms. The first-order valence-electron chi connectivity index (χ1n) is 6.30. The van der Waals surface area contributed by atoms with E-state index in [0.717, 1.165) is 36.2 Å². The van der Waals surface area contributed by atoms with E-state index in [4.69, 9.17) is 4.74 Å². The number of nitrogens with one attached hydrogen (secondary N) is 1. The SMILES string of the molecule is CC#CCCOc1c(Br)cccc1CNCCC. The molecule has 0 atom stereocenters. The highest BCUT2D eigenvalue weighted by Gasteiger charge is 2.07. The van der Waals surface area contributed by atoms with Gasteiger partial charge in [-0.05, 0) is 41.9 Å². The Kier molecular flexibility index (Phi) is 7.55. The van der Waals surface area contributed by atoms with Crippen LogP contribution in [0.3, 0.4) is 0 Å². The van der Waals surface area contributed by atoms with E-state index in [9.17, 15) is 0 Å². The summed E-state index contributed by atoms with van der Waals surface area (Å²) in [7, 11) is 0. The predicted molar refractivity (Wildman–Crippen MR) is 79.7 cm³/mol. The molecule has 0 aliphatic carbocycles. The van der Waals surface area contributed by atoms with Crippen LogP contribution in [-0.2, 0) is 6.54 Å². The van der Waals surface area contributed by atoms with Gasteiger partial charge in [0.25, 0.3) is 0 Å². The van der Waals surface area contributed by atoms with Crippen LogP contribution in [-0.4, -0.2) is 13.2 Å². The molecule has 3 heteroatoms. The highest BCUT2D eigenvalue weighted by atomic mass is 79.9. The molecule has 0 bridgehead atoms. The van der Waals surface area contributed by atoms with Crippen LogP contribution in [0, 0.1) is 11.8 Å². The summed E-state index contributed by atoms with van der Waals surface area (Å²) >= 11 is 3.54. The van der Waals surface area contributed by atoms with Gasteiger partial charge < -0.3 is 10.1 Å². The third kappa shape index (κ3) is 5.12. The van der Waals surface area contributed by atoms with Crippen molar-refractivity contribution in [3.8, 4) is 17.6 Å². The van der Waals surface area contributed by atoms with Crippen molar-refractivity contribution < 1.29 is 4.74 Å². The molecule has 0 amide bonds. The first-order valence-corrected chi connectivity index (χ1v) is 7.09. The first kappa shape index (κ1) is 15.1. The topological polar surface area (TPSA) is 21.3 Å². The lowest BCUT2D eigenvalue weighted by Crippen LogP contribution is -2.15. The van der Waals surface area contributed by atoms with E-state index in [1.807, 2.05) is 19.1 Å². The molecule has 0 fully saturated rings. The normalized spacial score (nSPS) is 9.72. The van der Waals surface area contributed by atoms with Crippen LogP contribution in [0.5, 0.6) is 5.75 Å². The number of halogens is 1. The third-order valence-corrected chi connectivity index (χ3v) is 3.07. The molecule has 0 heterocycles. The van der Waals surface area contributed by atoms with Gasteiger partial charge in [0.15, 0.2) is 0 Å². The second kappa shape index (κ2) is 9.02. The van der Waals surface area contributed by atoms with Crippen molar-refractivity contribution in [2.75, 3.05) is 13.2 Å². The zero-order chi connectivity index (χ0) is 13.2. The van der Waals surface area contributed by atoms with E-state index in [1.54, 1.807) is 0 Å². The second-order valence-corrected chi connectivity index (χ2v) is 4.78. The number of ether oxygens (including phenoxy) is 1. The number of hydrogen-bond donors (Lipinski definition) is 1. The van der Waals surface area contributed by atoms with Gasteiger partial charge in [-0.2, -0.15) is 0 Å². The number of hydrogen-bond acceptors (Lipinski definition) is 2. The zero-order valence-electron chi connectivity index (χ0n) is 11.1. The molecule has 0 saturated heterocycles. The summed E-state index contributed by atoms with van der Waals surface area (Å²) < 4.78 is 6.81. The maximum atomic E-state index is 5.81. The zero-order valence-corrected chi connectivity index (χ0v) is 12.6. The fourth-order valence-electron chi connectivity index (χ4n) is 1.58. The second-order valence-electron chi connectivity index (χ2n) is 3.93. The monoisotopic (exact) mass is 309 g/mol. The molecule has 0 spiro atoms. The van der Waals surface area contributed by atoms with Crippen molar-refractivity contribution in [3.63, 3.8) is 0 Å². The Morgan fingerprint density at radius 3 is 2.94 bits per heavy atom. The summed E-state index contributed by atoms with van der Waals surface area (Å²) in [6.07, 6.45) is 1.90. The molecule has 1 rings (SSSR count). The van der Waals surface area contributed by atoms with Gasteiger partial charge in [0.2, 0.25) is 0 Å². The highest BCUT2D eigenvalue weighted by Crippen LogP contribution is 2.29. The molecule has 98 valence electrons. The van der Waals surface area contributed by atoms with Crippen LogP contribution in [0.25, 0.3) is 0 Å². The highest BCUT2D eigenvalue weighted by molar-refractivity contribution is 9.10. The smallest absolute Gasteiger partial charge is 0.137 e. The van der Waals surface area contributed by atoms with E-state index in [0.29, 0.717) is 6.61 Å². The Bertz CT molecular complexity index is 420. The standard InChI is InChI=1S/C15H20BrNO/c1-3-5-6-11-18-15-13(12-17-10-4-2)8-7-9-14(15)16/h7-9,17H,4,6,10-12H2,1-2H3. The van der Waals surface area contributed by atoms with E-state index in [-0.39, 0.29) is 0 Å². The predicted octanol–water partition coefficient (Wildman–Crippen LogP) is 3.74. The molecule has 0 saturated carbocycles. The fourth-order valence-corrected chi connectivity index (χ4v) is 2.11. The molecule has 1 aromatic carbocycles. The summed E-state index contributed by atoms with van der Waals surface area (Å²) in [6, 6.07) is 6.13. The Labute approximate surface area is 118 Å².